The van der Waals surface area contributed by atoms with Crippen molar-refractivity contribution in [1.29, 1.82) is 0 Å². The average Bonchev–Trinajstić information content (AvgIpc) is 3.00. The summed E-state index contributed by atoms with van der Waals surface area (Å²) in [5.74, 6) is 0.153. The molecule has 4 heteroatoms. The SMILES string of the molecule is Cc1ccc(Cl)c(-c2ccc(C(=O)N3CCCN4CCC[C@H]4C3)cc2)c1. The quantitative estimate of drug-likeness (QED) is 0.771. The molecular formula is C22H25ClN2O. The van der Waals surface area contributed by atoms with Crippen LogP contribution in [0.1, 0.15) is 35.2 Å². The Morgan fingerprint density at radius 1 is 1.04 bits per heavy atom. The van der Waals surface area contributed by atoms with Gasteiger partial charge in [0.05, 0.1) is 0 Å². The smallest absolute Gasteiger partial charge is 0.253 e. The molecule has 0 radical (unpaired) electrons. The predicted molar refractivity (Wildman–Crippen MR) is 107 cm³/mol. The van der Waals surface area contributed by atoms with Crippen LogP contribution in [0.2, 0.25) is 5.02 Å². The van der Waals surface area contributed by atoms with E-state index in [1.54, 1.807) is 0 Å². The van der Waals surface area contributed by atoms with Gasteiger partial charge >= 0.3 is 0 Å². The van der Waals surface area contributed by atoms with Crippen molar-refractivity contribution in [3.63, 3.8) is 0 Å². The Hall–Kier alpha value is -1.84. The Morgan fingerprint density at radius 2 is 1.81 bits per heavy atom. The van der Waals surface area contributed by atoms with Crippen LogP contribution in [0.3, 0.4) is 0 Å². The third kappa shape index (κ3) is 3.51. The van der Waals surface area contributed by atoms with Crippen LogP contribution in [-0.4, -0.2) is 47.9 Å². The molecule has 26 heavy (non-hydrogen) atoms. The maximum atomic E-state index is 13.0. The minimum absolute atomic E-state index is 0.153. The van der Waals surface area contributed by atoms with Gasteiger partial charge in [-0.2, -0.15) is 0 Å². The summed E-state index contributed by atoms with van der Waals surface area (Å²) in [5.41, 5.74) is 4.01. The number of amides is 1. The molecule has 0 aromatic heterocycles. The number of nitrogens with zero attached hydrogens (tertiary/aromatic N) is 2. The monoisotopic (exact) mass is 368 g/mol. The van der Waals surface area contributed by atoms with Crippen molar-refractivity contribution in [2.24, 2.45) is 0 Å². The fraction of sp³-hybridized carbons (Fsp3) is 0.409. The largest absolute Gasteiger partial charge is 0.337 e. The zero-order chi connectivity index (χ0) is 18.1. The molecule has 1 amide bonds. The second-order valence-corrected chi connectivity index (χ2v) is 7.90. The summed E-state index contributed by atoms with van der Waals surface area (Å²) in [6, 6.07) is 14.5. The first kappa shape index (κ1) is 17.6. The molecule has 2 saturated heterocycles. The third-order valence-electron chi connectivity index (χ3n) is 5.66. The highest BCUT2D eigenvalue weighted by Crippen LogP contribution is 2.29. The summed E-state index contributed by atoms with van der Waals surface area (Å²) < 4.78 is 0. The van der Waals surface area contributed by atoms with Gasteiger partial charge in [0.2, 0.25) is 0 Å². The van der Waals surface area contributed by atoms with Gasteiger partial charge in [-0.1, -0.05) is 35.4 Å². The molecule has 136 valence electrons. The number of halogens is 1. The molecule has 2 aromatic carbocycles. The number of carbonyl (C=O) groups excluding carboxylic acids is 1. The standard InChI is InChI=1S/C22H25ClN2O/c1-16-5-10-21(23)20(14-16)17-6-8-18(9-7-17)22(26)25-13-3-12-24-11-2-4-19(24)15-25/h5-10,14,19H,2-4,11-13,15H2,1H3/t19-/m0/s1. The van der Waals surface area contributed by atoms with Crippen molar-refractivity contribution in [3.05, 3.63) is 58.6 Å². The van der Waals surface area contributed by atoms with Crippen molar-refractivity contribution in [3.8, 4) is 11.1 Å². The van der Waals surface area contributed by atoms with Gasteiger partial charge < -0.3 is 4.90 Å². The summed E-state index contributed by atoms with van der Waals surface area (Å²) in [6.45, 7) is 6.10. The Balaban J connectivity index is 1.52. The lowest BCUT2D eigenvalue weighted by Gasteiger charge is -2.25. The summed E-state index contributed by atoms with van der Waals surface area (Å²) in [6.07, 6.45) is 3.55. The molecule has 0 saturated carbocycles. The molecule has 4 rings (SSSR count). The van der Waals surface area contributed by atoms with E-state index in [1.165, 1.54) is 24.9 Å². The molecule has 2 aliphatic heterocycles. The lowest BCUT2D eigenvalue weighted by molar-refractivity contribution is 0.0743. The van der Waals surface area contributed by atoms with Gasteiger partial charge in [0, 0.05) is 41.8 Å². The van der Waals surface area contributed by atoms with Crippen molar-refractivity contribution in [1.82, 2.24) is 9.80 Å². The van der Waals surface area contributed by atoms with Gasteiger partial charge in [0.15, 0.2) is 0 Å². The van der Waals surface area contributed by atoms with Crippen LogP contribution < -0.4 is 0 Å². The number of carbonyl (C=O) groups is 1. The predicted octanol–water partition coefficient (Wildman–Crippen LogP) is 4.63. The average molecular weight is 369 g/mol. The van der Waals surface area contributed by atoms with Crippen LogP contribution >= 0.6 is 11.6 Å². The molecular weight excluding hydrogens is 344 g/mol. The summed E-state index contributed by atoms with van der Waals surface area (Å²) in [4.78, 5) is 17.6. The van der Waals surface area contributed by atoms with Crippen LogP contribution in [0.15, 0.2) is 42.5 Å². The maximum absolute atomic E-state index is 13.0. The minimum atomic E-state index is 0.153. The van der Waals surface area contributed by atoms with Crippen molar-refractivity contribution in [2.45, 2.75) is 32.2 Å². The van der Waals surface area contributed by atoms with E-state index in [-0.39, 0.29) is 5.91 Å². The lowest BCUT2D eigenvalue weighted by atomic mass is 10.0. The van der Waals surface area contributed by atoms with E-state index in [9.17, 15) is 4.79 Å². The maximum Gasteiger partial charge on any atom is 0.253 e. The lowest BCUT2D eigenvalue weighted by Crippen LogP contribution is -2.39. The highest BCUT2D eigenvalue weighted by Gasteiger charge is 2.30. The second kappa shape index (κ2) is 7.42. The first-order valence-electron chi connectivity index (χ1n) is 9.52. The molecule has 1 atom stereocenters. The molecule has 3 nitrogen and oxygen atoms in total. The molecule has 0 N–H and O–H groups in total. The van der Waals surface area contributed by atoms with E-state index in [2.05, 4.69) is 17.9 Å². The fourth-order valence-electron chi connectivity index (χ4n) is 4.23. The van der Waals surface area contributed by atoms with E-state index < -0.39 is 0 Å². The van der Waals surface area contributed by atoms with Crippen LogP contribution in [0.5, 0.6) is 0 Å². The number of benzene rings is 2. The Kier molecular flexibility index (Phi) is 5.01. The van der Waals surface area contributed by atoms with E-state index in [1.807, 2.05) is 41.3 Å². The summed E-state index contributed by atoms with van der Waals surface area (Å²) in [7, 11) is 0. The molecule has 2 aliphatic rings. The normalized spacial score (nSPS) is 20.7. The van der Waals surface area contributed by atoms with Crippen LogP contribution in [-0.2, 0) is 0 Å². The number of hydrogen-bond acceptors (Lipinski definition) is 2. The molecule has 0 bridgehead atoms. The Bertz CT molecular complexity index is 802. The molecule has 2 heterocycles. The zero-order valence-corrected chi connectivity index (χ0v) is 16.0. The summed E-state index contributed by atoms with van der Waals surface area (Å²) >= 11 is 6.34. The van der Waals surface area contributed by atoms with E-state index in [4.69, 9.17) is 11.6 Å². The van der Waals surface area contributed by atoms with E-state index in [0.717, 1.165) is 47.8 Å². The number of rotatable bonds is 2. The van der Waals surface area contributed by atoms with Gasteiger partial charge in [-0.3, -0.25) is 9.69 Å². The molecule has 0 unspecified atom stereocenters. The van der Waals surface area contributed by atoms with E-state index >= 15 is 0 Å². The highest BCUT2D eigenvalue weighted by molar-refractivity contribution is 6.33. The molecule has 0 aliphatic carbocycles. The van der Waals surface area contributed by atoms with Gasteiger partial charge in [-0.05, 0) is 62.6 Å². The molecule has 2 fully saturated rings. The Morgan fingerprint density at radius 3 is 2.62 bits per heavy atom. The first-order chi connectivity index (χ1) is 12.6. The number of aryl methyl sites for hydroxylation is 1. The van der Waals surface area contributed by atoms with Crippen LogP contribution in [0.25, 0.3) is 11.1 Å². The van der Waals surface area contributed by atoms with Crippen LogP contribution in [0, 0.1) is 6.92 Å². The van der Waals surface area contributed by atoms with Crippen molar-refractivity contribution in [2.75, 3.05) is 26.2 Å². The number of hydrogen-bond donors (Lipinski definition) is 0. The van der Waals surface area contributed by atoms with Gasteiger partial charge in [0.1, 0.15) is 0 Å². The van der Waals surface area contributed by atoms with Crippen molar-refractivity contribution < 1.29 is 4.79 Å². The Labute approximate surface area is 160 Å². The third-order valence-corrected chi connectivity index (χ3v) is 5.99. The zero-order valence-electron chi connectivity index (χ0n) is 15.2. The molecule has 2 aromatic rings. The molecule has 0 spiro atoms. The fourth-order valence-corrected chi connectivity index (χ4v) is 4.45. The number of fused-ring (bicyclic) bond motifs is 1. The van der Waals surface area contributed by atoms with Gasteiger partial charge in [-0.15, -0.1) is 0 Å². The van der Waals surface area contributed by atoms with E-state index in [0.29, 0.717) is 6.04 Å². The minimum Gasteiger partial charge on any atom is -0.337 e. The van der Waals surface area contributed by atoms with Crippen LogP contribution in [0.4, 0.5) is 0 Å². The topological polar surface area (TPSA) is 23.6 Å². The first-order valence-corrected chi connectivity index (χ1v) is 9.89. The second-order valence-electron chi connectivity index (χ2n) is 7.50. The summed E-state index contributed by atoms with van der Waals surface area (Å²) in [5, 5.41) is 0.739. The van der Waals surface area contributed by atoms with Crippen molar-refractivity contribution >= 4 is 17.5 Å². The van der Waals surface area contributed by atoms with Gasteiger partial charge in [0.25, 0.3) is 5.91 Å². The van der Waals surface area contributed by atoms with Gasteiger partial charge in [-0.25, -0.2) is 0 Å². The highest BCUT2D eigenvalue weighted by atomic mass is 35.5.